The van der Waals surface area contributed by atoms with Crippen LogP contribution in [0.5, 0.6) is 11.6 Å². The molecule has 1 saturated heterocycles. The van der Waals surface area contributed by atoms with E-state index in [9.17, 15) is 14.9 Å². The maximum Gasteiger partial charge on any atom is 0.373 e. The van der Waals surface area contributed by atoms with E-state index in [4.69, 9.17) is 4.74 Å². The molecule has 0 saturated carbocycles. The van der Waals surface area contributed by atoms with Crippen molar-refractivity contribution >= 4 is 17.3 Å². The second-order valence-electron chi connectivity index (χ2n) is 7.78. The van der Waals surface area contributed by atoms with Crippen molar-refractivity contribution in [1.82, 2.24) is 9.97 Å². The Morgan fingerprint density at radius 2 is 1.93 bits per heavy atom. The first-order valence-electron chi connectivity index (χ1n) is 10.5. The van der Waals surface area contributed by atoms with Crippen molar-refractivity contribution < 1.29 is 14.5 Å². The lowest BCUT2D eigenvalue weighted by Crippen LogP contribution is -2.34. The fraction of sp³-hybridized carbons (Fsp3) is 0.500. The van der Waals surface area contributed by atoms with Crippen molar-refractivity contribution in [1.29, 1.82) is 0 Å². The molecule has 2 aromatic rings. The van der Waals surface area contributed by atoms with Crippen LogP contribution in [0.1, 0.15) is 51.5 Å². The number of nitrogens with zero attached hydrogens (tertiary/aromatic N) is 4. The summed E-state index contributed by atoms with van der Waals surface area (Å²) in [5.74, 6) is 1.52. The summed E-state index contributed by atoms with van der Waals surface area (Å²) in [4.78, 5) is 32.7. The molecule has 3 rings (SSSR count). The molecule has 0 radical (unpaired) electrons. The monoisotopic (exact) mass is 412 g/mol. The van der Waals surface area contributed by atoms with Crippen LogP contribution < -0.4 is 9.64 Å². The smallest absolute Gasteiger partial charge is 0.373 e. The fourth-order valence-electron chi connectivity index (χ4n) is 3.82. The van der Waals surface area contributed by atoms with Crippen LogP contribution in [-0.4, -0.2) is 33.8 Å². The summed E-state index contributed by atoms with van der Waals surface area (Å²) in [6, 6.07) is 7.17. The van der Waals surface area contributed by atoms with E-state index < -0.39 is 4.92 Å². The number of benzene rings is 1. The van der Waals surface area contributed by atoms with Crippen molar-refractivity contribution in [3.05, 3.63) is 46.3 Å². The van der Waals surface area contributed by atoms with Gasteiger partial charge in [0.15, 0.2) is 0 Å². The second kappa shape index (κ2) is 10.1. The van der Waals surface area contributed by atoms with Crippen LogP contribution in [0.3, 0.4) is 0 Å². The number of aryl methyl sites for hydroxylation is 1. The summed E-state index contributed by atoms with van der Waals surface area (Å²) < 4.78 is 5.76. The van der Waals surface area contributed by atoms with E-state index in [0.717, 1.165) is 37.9 Å². The van der Waals surface area contributed by atoms with Crippen LogP contribution in [0.2, 0.25) is 0 Å². The lowest BCUT2D eigenvalue weighted by atomic mass is 9.92. The summed E-state index contributed by atoms with van der Waals surface area (Å²) in [7, 11) is 0. The molecule has 0 unspecified atom stereocenters. The Balaban J connectivity index is 1.76. The third-order valence-corrected chi connectivity index (χ3v) is 5.47. The van der Waals surface area contributed by atoms with E-state index in [1.165, 1.54) is 12.7 Å². The van der Waals surface area contributed by atoms with Gasteiger partial charge in [-0.05, 0) is 49.8 Å². The molecular weight excluding hydrogens is 384 g/mol. The van der Waals surface area contributed by atoms with Gasteiger partial charge in [0.2, 0.25) is 5.82 Å². The van der Waals surface area contributed by atoms with Crippen LogP contribution in [0, 0.1) is 16.0 Å². The molecule has 0 aliphatic carbocycles. The summed E-state index contributed by atoms with van der Waals surface area (Å²) >= 11 is 0. The van der Waals surface area contributed by atoms with E-state index in [0.29, 0.717) is 30.3 Å². The average molecular weight is 412 g/mol. The maximum absolute atomic E-state index is 11.8. The van der Waals surface area contributed by atoms with Crippen LogP contribution in [0.15, 0.2) is 30.6 Å². The third-order valence-electron chi connectivity index (χ3n) is 5.47. The lowest BCUT2D eigenvalue weighted by Gasteiger charge is -2.32. The topological polar surface area (TPSA) is 98.5 Å². The Hall–Kier alpha value is -3.03. The number of carbonyl (C=O) groups is 1. The molecule has 0 bridgehead atoms. The molecule has 1 aromatic heterocycles. The van der Waals surface area contributed by atoms with E-state index in [1.54, 1.807) is 19.1 Å². The first-order chi connectivity index (χ1) is 14.5. The molecule has 8 nitrogen and oxygen atoms in total. The molecule has 8 heteroatoms. The number of ketones is 1. The number of nitro groups is 1. The minimum absolute atomic E-state index is 0.0582. The predicted octanol–water partition coefficient (Wildman–Crippen LogP) is 4.72. The number of carbonyl (C=O) groups excluding carboxylic acids is 1. The van der Waals surface area contributed by atoms with E-state index in [2.05, 4.69) is 16.9 Å². The van der Waals surface area contributed by atoms with Gasteiger partial charge in [-0.1, -0.05) is 31.9 Å². The molecule has 0 amide bonds. The van der Waals surface area contributed by atoms with Gasteiger partial charge in [0, 0.05) is 19.5 Å². The van der Waals surface area contributed by atoms with Crippen LogP contribution in [0.4, 0.5) is 11.5 Å². The number of aromatic nitrogens is 2. The fourth-order valence-corrected chi connectivity index (χ4v) is 3.82. The number of piperidine rings is 1. The minimum Gasteiger partial charge on any atom is -0.434 e. The summed E-state index contributed by atoms with van der Waals surface area (Å²) in [5, 5.41) is 11.8. The average Bonchev–Trinajstić information content (AvgIpc) is 2.73. The Morgan fingerprint density at radius 1 is 1.23 bits per heavy atom. The molecule has 1 fully saturated rings. The van der Waals surface area contributed by atoms with Crippen molar-refractivity contribution in [2.75, 3.05) is 18.0 Å². The van der Waals surface area contributed by atoms with Gasteiger partial charge in [-0.3, -0.25) is 10.1 Å². The molecule has 0 spiro atoms. The molecule has 1 aromatic carbocycles. The Morgan fingerprint density at radius 3 is 2.53 bits per heavy atom. The van der Waals surface area contributed by atoms with E-state index >= 15 is 0 Å². The highest BCUT2D eigenvalue weighted by Crippen LogP contribution is 2.37. The number of rotatable bonds is 9. The van der Waals surface area contributed by atoms with Crippen molar-refractivity contribution in [3.8, 4) is 11.6 Å². The van der Waals surface area contributed by atoms with Gasteiger partial charge in [0.25, 0.3) is 0 Å². The highest BCUT2D eigenvalue weighted by molar-refractivity contribution is 5.75. The zero-order chi connectivity index (χ0) is 21.5. The molecule has 2 heterocycles. The SMILES string of the molecule is CCCC1CCN(c2ncnc(Oc3ccc(CCC(C)=O)cc3)c2[N+](=O)[O-])CC1. The predicted molar refractivity (Wildman–Crippen MR) is 114 cm³/mol. The second-order valence-corrected chi connectivity index (χ2v) is 7.78. The van der Waals surface area contributed by atoms with Crippen molar-refractivity contribution in [2.45, 2.75) is 52.4 Å². The molecule has 0 N–H and O–H groups in total. The van der Waals surface area contributed by atoms with Gasteiger partial charge in [0.1, 0.15) is 17.9 Å². The highest BCUT2D eigenvalue weighted by atomic mass is 16.6. The zero-order valence-corrected chi connectivity index (χ0v) is 17.5. The maximum atomic E-state index is 11.8. The summed E-state index contributed by atoms with van der Waals surface area (Å²) in [6.07, 6.45) is 6.81. The van der Waals surface area contributed by atoms with Gasteiger partial charge in [-0.2, -0.15) is 4.98 Å². The highest BCUT2D eigenvalue weighted by Gasteiger charge is 2.30. The van der Waals surface area contributed by atoms with Gasteiger partial charge in [-0.25, -0.2) is 4.98 Å². The Kier molecular flexibility index (Phi) is 7.32. The van der Waals surface area contributed by atoms with Gasteiger partial charge in [0.05, 0.1) is 4.92 Å². The quantitative estimate of drug-likeness (QED) is 0.434. The largest absolute Gasteiger partial charge is 0.434 e. The normalized spacial score (nSPS) is 14.5. The standard InChI is InChI=1S/C22H28N4O4/c1-3-4-17-11-13-25(14-12-17)21-20(26(28)29)22(24-15-23-21)30-19-9-7-18(8-10-19)6-5-16(2)27/h7-10,15,17H,3-6,11-14H2,1-2H3. The van der Waals surface area contributed by atoms with Gasteiger partial charge < -0.3 is 14.4 Å². The minimum atomic E-state index is -0.468. The van der Waals surface area contributed by atoms with Crippen molar-refractivity contribution in [2.24, 2.45) is 5.92 Å². The van der Waals surface area contributed by atoms with Crippen LogP contribution in [0.25, 0.3) is 0 Å². The first-order valence-corrected chi connectivity index (χ1v) is 10.5. The lowest BCUT2D eigenvalue weighted by molar-refractivity contribution is -0.385. The Labute approximate surface area is 176 Å². The number of hydrogen-bond donors (Lipinski definition) is 0. The van der Waals surface area contributed by atoms with Crippen molar-refractivity contribution in [3.63, 3.8) is 0 Å². The zero-order valence-electron chi connectivity index (χ0n) is 17.5. The molecule has 0 atom stereocenters. The number of ether oxygens (including phenoxy) is 1. The Bertz CT molecular complexity index is 877. The molecule has 1 aliphatic rings. The van der Waals surface area contributed by atoms with Crippen LogP contribution in [-0.2, 0) is 11.2 Å². The molecule has 30 heavy (non-hydrogen) atoms. The summed E-state index contributed by atoms with van der Waals surface area (Å²) in [5.41, 5.74) is 0.803. The molecule has 160 valence electrons. The molecular formula is C22H28N4O4. The number of hydrogen-bond acceptors (Lipinski definition) is 7. The van der Waals surface area contributed by atoms with Crippen LogP contribution >= 0.6 is 0 Å². The van der Waals surface area contributed by atoms with Gasteiger partial charge >= 0.3 is 11.6 Å². The summed E-state index contributed by atoms with van der Waals surface area (Å²) in [6.45, 7) is 5.23. The van der Waals surface area contributed by atoms with E-state index in [-0.39, 0.29) is 17.4 Å². The first kappa shape index (κ1) is 21.7. The number of anilines is 1. The van der Waals surface area contributed by atoms with Gasteiger partial charge in [-0.15, -0.1) is 0 Å². The van der Waals surface area contributed by atoms with E-state index in [1.807, 2.05) is 17.0 Å². The number of Topliss-reactive ketones (excluding diaryl/α,β-unsaturated/α-hetero) is 1. The molecule has 1 aliphatic heterocycles. The third kappa shape index (κ3) is 5.52.